The fraction of sp³-hybridized carbons (Fsp3) is 0.458. The van der Waals surface area contributed by atoms with Crippen LogP contribution in [0.4, 0.5) is 0 Å². The fourth-order valence-electron chi connectivity index (χ4n) is 4.18. The third kappa shape index (κ3) is 5.06. The molecule has 1 aromatic heterocycles. The number of aryl methyl sites for hydroxylation is 1. The number of nitrogens with zero attached hydrogens (tertiary/aromatic N) is 1. The number of pyridine rings is 1. The molecule has 0 radical (unpaired) electrons. The van der Waals surface area contributed by atoms with Gasteiger partial charge < -0.3 is 4.74 Å². The number of hydrogen-bond donors (Lipinski definition) is 0. The van der Waals surface area contributed by atoms with Crippen LogP contribution in [0, 0.1) is 18.8 Å². The van der Waals surface area contributed by atoms with Gasteiger partial charge in [0.05, 0.1) is 6.61 Å². The Hall–Kier alpha value is -2.49. The third-order valence-corrected chi connectivity index (χ3v) is 5.70. The summed E-state index contributed by atoms with van der Waals surface area (Å²) < 4.78 is 5.22. The summed E-state index contributed by atoms with van der Waals surface area (Å²) in [5, 5.41) is 0. The van der Waals surface area contributed by atoms with Crippen LogP contribution in [0.3, 0.4) is 0 Å². The van der Waals surface area contributed by atoms with Crippen molar-refractivity contribution in [2.45, 2.75) is 51.9 Å². The molecule has 1 aromatic carbocycles. The van der Waals surface area contributed by atoms with Crippen LogP contribution >= 0.6 is 0 Å². The molecule has 0 spiro atoms. The maximum Gasteiger partial charge on any atom is 0.316 e. The number of hydrogen-bond acceptors (Lipinski definition) is 4. The second-order valence-electron chi connectivity index (χ2n) is 7.69. The summed E-state index contributed by atoms with van der Waals surface area (Å²) in [5.41, 5.74) is 3.19. The lowest BCUT2D eigenvalue weighted by atomic mass is 9.74. The Morgan fingerprint density at radius 3 is 2.46 bits per heavy atom. The first kappa shape index (κ1) is 20.2. The maximum atomic E-state index is 13.2. The van der Waals surface area contributed by atoms with Crippen LogP contribution in [0.2, 0.25) is 0 Å². The van der Waals surface area contributed by atoms with E-state index in [2.05, 4.69) is 29.2 Å². The van der Waals surface area contributed by atoms with Gasteiger partial charge in [-0.25, -0.2) is 0 Å². The number of carbonyl (C=O) groups excluding carboxylic acids is 2. The minimum Gasteiger partial charge on any atom is -0.465 e. The molecule has 1 unspecified atom stereocenters. The number of esters is 1. The van der Waals surface area contributed by atoms with E-state index in [0.29, 0.717) is 12.3 Å². The van der Waals surface area contributed by atoms with Gasteiger partial charge >= 0.3 is 5.97 Å². The Balaban J connectivity index is 1.68. The molecule has 1 aliphatic carbocycles. The molecule has 0 N–H and O–H groups in total. The number of benzene rings is 1. The van der Waals surface area contributed by atoms with E-state index in [1.807, 2.05) is 25.1 Å². The molecule has 0 aliphatic heterocycles. The van der Waals surface area contributed by atoms with E-state index in [-0.39, 0.29) is 18.3 Å². The Bertz CT molecular complexity index is 795. The smallest absolute Gasteiger partial charge is 0.316 e. The van der Waals surface area contributed by atoms with Crippen molar-refractivity contribution in [1.82, 2.24) is 4.98 Å². The first-order chi connectivity index (χ1) is 13.6. The van der Waals surface area contributed by atoms with Crippen LogP contribution in [0.1, 0.15) is 55.3 Å². The largest absolute Gasteiger partial charge is 0.465 e. The Morgan fingerprint density at radius 2 is 1.82 bits per heavy atom. The lowest BCUT2D eigenvalue weighted by Crippen LogP contribution is -2.34. The number of aromatic nitrogens is 1. The summed E-state index contributed by atoms with van der Waals surface area (Å²) in [4.78, 5) is 30.1. The molecular formula is C24H29NO3. The molecule has 3 rings (SSSR count). The highest BCUT2D eigenvalue weighted by Crippen LogP contribution is 2.37. The minimum atomic E-state index is -0.757. The second kappa shape index (κ2) is 9.63. The van der Waals surface area contributed by atoms with Crippen LogP contribution in [0.5, 0.6) is 0 Å². The Labute approximate surface area is 167 Å². The first-order valence-corrected chi connectivity index (χ1v) is 10.2. The molecule has 4 heteroatoms. The van der Waals surface area contributed by atoms with Gasteiger partial charge in [0.2, 0.25) is 0 Å². The predicted molar refractivity (Wildman–Crippen MR) is 109 cm³/mol. The molecule has 1 aliphatic rings. The zero-order valence-electron chi connectivity index (χ0n) is 16.8. The summed E-state index contributed by atoms with van der Waals surface area (Å²) in [6.07, 6.45) is 5.67. The molecule has 148 valence electrons. The number of ketones is 1. The SMILES string of the molecule is CCOC(=O)C(Cc1cc(C)ccn1)C(=O)C1CCC(c2ccccc2)CC1. The van der Waals surface area contributed by atoms with Crippen molar-refractivity contribution in [3.63, 3.8) is 0 Å². The van der Waals surface area contributed by atoms with Gasteiger partial charge in [-0.15, -0.1) is 0 Å². The monoisotopic (exact) mass is 379 g/mol. The van der Waals surface area contributed by atoms with E-state index in [9.17, 15) is 9.59 Å². The van der Waals surface area contributed by atoms with Crippen molar-refractivity contribution in [2.24, 2.45) is 11.8 Å². The topological polar surface area (TPSA) is 56.3 Å². The standard InChI is InChI=1S/C24H29NO3/c1-3-28-24(27)22(16-21-15-17(2)13-14-25-21)23(26)20-11-9-19(10-12-20)18-7-5-4-6-8-18/h4-8,13-15,19-20,22H,3,9-12,16H2,1-2H3. The summed E-state index contributed by atoms with van der Waals surface area (Å²) in [5.74, 6) is -0.717. The molecule has 1 saturated carbocycles. The van der Waals surface area contributed by atoms with Crippen molar-refractivity contribution in [3.8, 4) is 0 Å². The predicted octanol–water partition coefficient (Wildman–Crippen LogP) is 4.65. The molecule has 0 amide bonds. The van der Waals surface area contributed by atoms with E-state index < -0.39 is 11.9 Å². The minimum absolute atomic E-state index is 0.0215. The fourth-order valence-corrected chi connectivity index (χ4v) is 4.18. The lowest BCUT2D eigenvalue weighted by molar-refractivity contribution is -0.152. The number of ether oxygens (including phenoxy) is 1. The third-order valence-electron chi connectivity index (χ3n) is 5.70. The first-order valence-electron chi connectivity index (χ1n) is 10.2. The average Bonchev–Trinajstić information content (AvgIpc) is 2.72. The van der Waals surface area contributed by atoms with E-state index >= 15 is 0 Å². The van der Waals surface area contributed by atoms with Crippen LogP contribution in [0.15, 0.2) is 48.7 Å². The van der Waals surface area contributed by atoms with Gasteiger partial charge in [-0.05, 0) is 68.7 Å². The van der Waals surface area contributed by atoms with Crippen molar-refractivity contribution < 1.29 is 14.3 Å². The van der Waals surface area contributed by atoms with Gasteiger partial charge in [0, 0.05) is 24.2 Å². The molecule has 0 bridgehead atoms. The van der Waals surface area contributed by atoms with Crippen LogP contribution in [-0.4, -0.2) is 23.3 Å². The summed E-state index contributed by atoms with van der Waals surface area (Å²) in [6.45, 7) is 4.04. The van der Waals surface area contributed by atoms with Crippen molar-refractivity contribution >= 4 is 11.8 Å². The van der Waals surface area contributed by atoms with Crippen molar-refractivity contribution in [1.29, 1.82) is 0 Å². The molecule has 4 nitrogen and oxygen atoms in total. The summed E-state index contributed by atoms with van der Waals surface area (Å²) >= 11 is 0. The normalized spacial score (nSPS) is 20.4. The van der Waals surface area contributed by atoms with E-state index in [4.69, 9.17) is 4.74 Å². The molecule has 28 heavy (non-hydrogen) atoms. The van der Waals surface area contributed by atoms with Crippen molar-refractivity contribution in [2.75, 3.05) is 6.61 Å². The van der Waals surface area contributed by atoms with Crippen LogP contribution in [-0.2, 0) is 20.7 Å². The number of rotatable bonds is 7. The second-order valence-corrected chi connectivity index (χ2v) is 7.69. The average molecular weight is 380 g/mol. The van der Waals surface area contributed by atoms with E-state index in [0.717, 1.165) is 36.9 Å². The summed E-state index contributed by atoms with van der Waals surface area (Å²) in [7, 11) is 0. The van der Waals surface area contributed by atoms with Gasteiger partial charge in [0.1, 0.15) is 5.92 Å². The van der Waals surface area contributed by atoms with E-state index in [1.165, 1.54) is 5.56 Å². The van der Waals surface area contributed by atoms with Crippen LogP contribution in [0.25, 0.3) is 0 Å². The van der Waals surface area contributed by atoms with Gasteiger partial charge in [-0.2, -0.15) is 0 Å². The van der Waals surface area contributed by atoms with Gasteiger partial charge in [0.25, 0.3) is 0 Å². The van der Waals surface area contributed by atoms with Gasteiger partial charge in [0.15, 0.2) is 5.78 Å². The molecular weight excluding hydrogens is 350 g/mol. The van der Waals surface area contributed by atoms with Gasteiger partial charge in [-0.1, -0.05) is 30.3 Å². The highest BCUT2D eigenvalue weighted by molar-refractivity contribution is 6.00. The molecule has 0 saturated heterocycles. The van der Waals surface area contributed by atoms with Gasteiger partial charge in [-0.3, -0.25) is 14.6 Å². The Kier molecular flexibility index (Phi) is 6.96. The van der Waals surface area contributed by atoms with E-state index in [1.54, 1.807) is 13.1 Å². The highest BCUT2D eigenvalue weighted by atomic mass is 16.5. The van der Waals surface area contributed by atoms with Crippen LogP contribution < -0.4 is 0 Å². The zero-order chi connectivity index (χ0) is 19.9. The quantitative estimate of drug-likeness (QED) is 0.519. The number of Topliss-reactive ketones (excluding diaryl/α,β-unsaturated/α-hetero) is 1. The van der Waals surface area contributed by atoms with Crippen molar-refractivity contribution in [3.05, 3.63) is 65.5 Å². The Morgan fingerprint density at radius 1 is 1.11 bits per heavy atom. The molecule has 2 aromatic rings. The molecule has 1 atom stereocenters. The highest BCUT2D eigenvalue weighted by Gasteiger charge is 2.36. The molecule has 1 heterocycles. The summed E-state index contributed by atoms with van der Waals surface area (Å²) in [6, 6.07) is 14.3. The molecule has 1 fully saturated rings. The lowest BCUT2D eigenvalue weighted by Gasteiger charge is -2.29. The number of carbonyl (C=O) groups is 2. The zero-order valence-corrected chi connectivity index (χ0v) is 16.8. The maximum absolute atomic E-state index is 13.2.